The number of aliphatic carboxylic acids is 1. The Hall–Kier alpha value is -1.35. The summed E-state index contributed by atoms with van der Waals surface area (Å²) in [4.78, 5) is 26.2. The quantitative estimate of drug-likeness (QED) is 0.622. The van der Waals surface area contributed by atoms with Gasteiger partial charge >= 0.3 is 12.0 Å². The van der Waals surface area contributed by atoms with Gasteiger partial charge in [0.05, 0.1) is 5.75 Å². The van der Waals surface area contributed by atoms with Crippen LogP contribution in [0.3, 0.4) is 0 Å². The van der Waals surface area contributed by atoms with Gasteiger partial charge in [-0.15, -0.1) is 0 Å². The third kappa shape index (κ3) is 6.30. The van der Waals surface area contributed by atoms with Crippen LogP contribution in [0.5, 0.6) is 0 Å². The molecule has 2 N–H and O–H groups in total. The highest BCUT2D eigenvalue weighted by molar-refractivity contribution is 7.90. The van der Waals surface area contributed by atoms with Crippen LogP contribution >= 0.6 is 0 Å². The second-order valence-corrected chi connectivity index (χ2v) is 7.51. The molecule has 0 aromatic heterocycles. The van der Waals surface area contributed by atoms with Crippen LogP contribution in [0.15, 0.2) is 0 Å². The van der Waals surface area contributed by atoms with Crippen LogP contribution < -0.4 is 5.32 Å². The van der Waals surface area contributed by atoms with Crippen molar-refractivity contribution in [2.45, 2.75) is 19.4 Å². The smallest absolute Gasteiger partial charge is 0.320 e. The van der Waals surface area contributed by atoms with Crippen LogP contribution in [-0.4, -0.2) is 86.1 Å². The van der Waals surface area contributed by atoms with Crippen LogP contribution in [0.25, 0.3) is 0 Å². The molecule has 0 saturated carbocycles. The van der Waals surface area contributed by atoms with Gasteiger partial charge in [0.25, 0.3) is 0 Å². The Kier molecular flexibility index (Phi) is 6.41. The molecule has 2 amide bonds. The number of nitrogens with one attached hydrogen (secondary N) is 1. The standard InChI is InChI=1S/C12H23N3O5S/c1-10(11(16)17)14-5-7-15(8-6-14)12(18)13-4-3-9-21(2,19)20/h10H,3-9H2,1-2H3,(H,13,18)(H,16,17). The molecule has 8 nitrogen and oxygen atoms in total. The number of hydrogen-bond acceptors (Lipinski definition) is 5. The Labute approximate surface area is 125 Å². The monoisotopic (exact) mass is 321 g/mol. The van der Waals surface area contributed by atoms with Crippen LogP contribution in [0.4, 0.5) is 4.79 Å². The summed E-state index contributed by atoms with van der Waals surface area (Å²) in [7, 11) is -3.00. The lowest BCUT2D eigenvalue weighted by Gasteiger charge is -2.36. The molecule has 0 radical (unpaired) electrons. The molecule has 21 heavy (non-hydrogen) atoms. The molecule has 1 saturated heterocycles. The largest absolute Gasteiger partial charge is 0.480 e. The molecule has 0 aromatic rings. The molecule has 0 bridgehead atoms. The Balaban J connectivity index is 2.27. The topological polar surface area (TPSA) is 107 Å². The Morgan fingerprint density at radius 3 is 2.29 bits per heavy atom. The first-order valence-corrected chi connectivity index (χ1v) is 8.94. The Morgan fingerprint density at radius 2 is 1.81 bits per heavy atom. The number of sulfone groups is 1. The number of amides is 2. The molecule has 9 heteroatoms. The highest BCUT2D eigenvalue weighted by atomic mass is 32.2. The number of nitrogens with zero attached hydrogens (tertiary/aromatic N) is 2. The Morgan fingerprint density at radius 1 is 1.24 bits per heavy atom. The van der Waals surface area contributed by atoms with E-state index in [4.69, 9.17) is 5.11 Å². The maximum atomic E-state index is 11.9. The predicted molar refractivity (Wildman–Crippen MR) is 78.0 cm³/mol. The highest BCUT2D eigenvalue weighted by Gasteiger charge is 2.26. The van der Waals surface area contributed by atoms with Gasteiger partial charge in [-0.3, -0.25) is 9.69 Å². The minimum atomic E-state index is -3.00. The molecule has 1 aliphatic rings. The van der Waals surface area contributed by atoms with Crippen molar-refractivity contribution in [1.82, 2.24) is 15.1 Å². The molecule has 1 atom stereocenters. The fraction of sp³-hybridized carbons (Fsp3) is 0.833. The van der Waals surface area contributed by atoms with Gasteiger partial charge in [0.2, 0.25) is 0 Å². The van der Waals surface area contributed by atoms with Crippen LogP contribution in [0.2, 0.25) is 0 Å². The van der Waals surface area contributed by atoms with E-state index in [9.17, 15) is 18.0 Å². The molecule has 1 fully saturated rings. The number of rotatable bonds is 6. The summed E-state index contributed by atoms with van der Waals surface area (Å²) in [5.74, 6) is -0.814. The van der Waals surface area contributed by atoms with E-state index in [0.29, 0.717) is 39.1 Å². The SMILES string of the molecule is CC(C(=O)O)N1CCN(C(=O)NCCCS(C)(=O)=O)CC1. The zero-order chi connectivity index (χ0) is 16.0. The van der Waals surface area contributed by atoms with Gasteiger partial charge in [0, 0.05) is 39.0 Å². The number of carbonyl (C=O) groups excluding carboxylic acids is 1. The summed E-state index contributed by atoms with van der Waals surface area (Å²) in [5.41, 5.74) is 0. The van der Waals surface area contributed by atoms with Crippen molar-refractivity contribution >= 4 is 21.8 Å². The normalized spacial score (nSPS) is 18.3. The van der Waals surface area contributed by atoms with Gasteiger partial charge in [0.15, 0.2) is 0 Å². The van der Waals surface area contributed by atoms with Gasteiger partial charge in [-0.25, -0.2) is 13.2 Å². The summed E-state index contributed by atoms with van der Waals surface area (Å²) in [5, 5.41) is 11.6. The number of carboxylic acid groups (broad SMARTS) is 1. The summed E-state index contributed by atoms with van der Waals surface area (Å²) in [6.45, 7) is 3.92. The first-order chi connectivity index (χ1) is 9.70. The van der Waals surface area contributed by atoms with E-state index in [1.165, 1.54) is 0 Å². The first-order valence-electron chi connectivity index (χ1n) is 6.88. The predicted octanol–water partition coefficient (Wildman–Crippen LogP) is -0.779. The number of hydrogen-bond donors (Lipinski definition) is 2. The zero-order valence-corrected chi connectivity index (χ0v) is 13.2. The Bertz CT molecular complexity index is 471. The van der Waals surface area contributed by atoms with E-state index in [0.717, 1.165) is 6.26 Å². The average molecular weight is 321 g/mol. The molecule has 1 rings (SSSR count). The summed E-state index contributed by atoms with van der Waals surface area (Å²) >= 11 is 0. The fourth-order valence-electron chi connectivity index (χ4n) is 2.11. The molecule has 0 aliphatic carbocycles. The maximum Gasteiger partial charge on any atom is 0.320 e. The number of urea groups is 1. The number of carboxylic acids is 1. The first kappa shape index (κ1) is 17.7. The summed E-state index contributed by atoms with van der Waals surface area (Å²) in [6, 6.07) is -0.781. The molecule has 0 aromatic carbocycles. The summed E-state index contributed by atoms with van der Waals surface area (Å²) < 4.78 is 21.9. The van der Waals surface area contributed by atoms with E-state index < -0.39 is 21.8 Å². The van der Waals surface area contributed by atoms with E-state index in [1.807, 2.05) is 4.90 Å². The second kappa shape index (κ2) is 7.60. The molecular weight excluding hydrogens is 298 g/mol. The van der Waals surface area contributed by atoms with Gasteiger partial charge in [-0.05, 0) is 13.3 Å². The third-order valence-electron chi connectivity index (χ3n) is 3.47. The van der Waals surface area contributed by atoms with Crippen molar-refractivity contribution in [3.8, 4) is 0 Å². The van der Waals surface area contributed by atoms with E-state index in [1.54, 1.807) is 11.8 Å². The second-order valence-electron chi connectivity index (χ2n) is 5.25. The van der Waals surface area contributed by atoms with Gasteiger partial charge in [0.1, 0.15) is 15.9 Å². The zero-order valence-electron chi connectivity index (χ0n) is 12.4. The molecule has 1 unspecified atom stereocenters. The van der Waals surface area contributed by atoms with E-state index >= 15 is 0 Å². The van der Waals surface area contributed by atoms with Gasteiger partial charge < -0.3 is 15.3 Å². The van der Waals surface area contributed by atoms with E-state index in [-0.39, 0.29) is 11.8 Å². The van der Waals surface area contributed by atoms with Gasteiger partial charge in [-0.1, -0.05) is 0 Å². The van der Waals surface area contributed by atoms with Crippen molar-refractivity contribution in [2.24, 2.45) is 0 Å². The lowest BCUT2D eigenvalue weighted by molar-refractivity contribution is -0.143. The fourth-order valence-corrected chi connectivity index (χ4v) is 2.78. The number of piperazine rings is 1. The molecular formula is C12H23N3O5S. The minimum absolute atomic E-state index is 0.0528. The maximum absolute atomic E-state index is 11.9. The minimum Gasteiger partial charge on any atom is -0.480 e. The van der Waals surface area contributed by atoms with Crippen molar-refractivity contribution in [3.63, 3.8) is 0 Å². The highest BCUT2D eigenvalue weighted by Crippen LogP contribution is 2.06. The van der Waals surface area contributed by atoms with Crippen molar-refractivity contribution in [2.75, 3.05) is 44.7 Å². The molecule has 1 heterocycles. The summed E-state index contributed by atoms with van der Waals surface area (Å²) in [6.07, 6.45) is 1.55. The van der Waals surface area contributed by atoms with Crippen LogP contribution in [0, 0.1) is 0 Å². The van der Waals surface area contributed by atoms with Gasteiger partial charge in [-0.2, -0.15) is 0 Å². The molecule has 0 spiro atoms. The van der Waals surface area contributed by atoms with E-state index in [2.05, 4.69) is 5.32 Å². The average Bonchev–Trinajstić information content (AvgIpc) is 2.41. The van der Waals surface area contributed by atoms with Crippen LogP contribution in [-0.2, 0) is 14.6 Å². The molecule has 122 valence electrons. The van der Waals surface area contributed by atoms with Crippen molar-refractivity contribution < 1.29 is 23.1 Å². The lowest BCUT2D eigenvalue weighted by atomic mass is 10.2. The van der Waals surface area contributed by atoms with Crippen molar-refractivity contribution in [1.29, 1.82) is 0 Å². The van der Waals surface area contributed by atoms with Crippen molar-refractivity contribution in [3.05, 3.63) is 0 Å². The number of carbonyl (C=O) groups is 2. The molecule has 1 aliphatic heterocycles. The lowest BCUT2D eigenvalue weighted by Crippen LogP contribution is -2.55. The van der Waals surface area contributed by atoms with Crippen LogP contribution in [0.1, 0.15) is 13.3 Å². The third-order valence-corrected chi connectivity index (χ3v) is 4.50.